The molecule has 1 aliphatic rings. The van der Waals surface area contributed by atoms with Gasteiger partial charge in [-0.25, -0.2) is 8.78 Å². The molecule has 2 atom stereocenters. The first-order valence-electron chi connectivity index (χ1n) is 6.54. The summed E-state index contributed by atoms with van der Waals surface area (Å²) in [6.45, 7) is 2.49. The van der Waals surface area contributed by atoms with Crippen LogP contribution < -0.4 is 10.6 Å². The molecule has 6 heteroatoms. The average Bonchev–Trinajstić information content (AvgIpc) is 2.76. The maximum atomic E-state index is 12.4. The highest BCUT2D eigenvalue weighted by atomic mass is 19.3. The van der Waals surface area contributed by atoms with Crippen molar-refractivity contribution in [3.05, 3.63) is 24.0 Å². The molecule has 19 heavy (non-hydrogen) atoms. The van der Waals surface area contributed by atoms with Gasteiger partial charge in [0.25, 0.3) is 12.3 Å². The van der Waals surface area contributed by atoms with Crippen LogP contribution >= 0.6 is 0 Å². The minimum atomic E-state index is -2.46. The predicted octanol–water partition coefficient (Wildman–Crippen LogP) is 1.62. The minimum absolute atomic E-state index is 0.110. The van der Waals surface area contributed by atoms with E-state index in [0.29, 0.717) is 11.7 Å². The van der Waals surface area contributed by atoms with Crippen molar-refractivity contribution in [1.29, 1.82) is 0 Å². The summed E-state index contributed by atoms with van der Waals surface area (Å²) in [6, 6.07) is 3.66. The lowest BCUT2D eigenvalue weighted by Crippen LogP contribution is -2.46. The molecule has 1 saturated heterocycles. The third-order valence-electron chi connectivity index (χ3n) is 3.36. The van der Waals surface area contributed by atoms with Gasteiger partial charge in [0, 0.05) is 18.3 Å². The Bertz CT molecular complexity index is 433. The summed E-state index contributed by atoms with van der Waals surface area (Å²) in [5.41, 5.74) is 0.298. The molecule has 1 aliphatic heterocycles. The lowest BCUT2D eigenvalue weighted by atomic mass is 10.0. The number of carbonyl (C=O) groups excluding carboxylic acids is 1. The van der Waals surface area contributed by atoms with Crippen molar-refractivity contribution in [2.75, 3.05) is 6.54 Å². The van der Waals surface area contributed by atoms with Gasteiger partial charge in [0.15, 0.2) is 0 Å². The zero-order chi connectivity index (χ0) is 13.8. The molecule has 2 unspecified atom stereocenters. The topological polar surface area (TPSA) is 46.1 Å². The van der Waals surface area contributed by atoms with E-state index in [0.717, 1.165) is 19.4 Å². The van der Waals surface area contributed by atoms with Crippen LogP contribution in [0.1, 0.15) is 30.3 Å². The van der Waals surface area contributed by atoms with Crippen LogP contribution in [0, 0.1) is 0 Å². The fraction of sp³-hybridized carbons (Fsp3) is 0.615. The Morgan fingerprint density at radius 2 is 2.42 bits per heavy atom. The fourth-order valence-electron chi connectivity index (χ4n) is 2.45. The summed E-state index contributed by atoms with van der Waals surface area (Å²) in [5, 5.41) is 6.22. The molecule has 2 heterocycles. The molecule has 1 fully saturated rings. The van der Waals surface area contributed by atoms with Crippen molar-refractivity contribution in [2.24, 2.45) is 0 Å². The number of hydrogen-bond acceptors (Lipinski definition) is 2. The number of rotatable bonds is 4. The number of piperidine rings is 1. The molecule has 2 rings (SSSR count). The predicted molar refractivity (Wildman–Crippen MR) is 68.4 cm³/mol. The van der Waals surface area contributed by atoms with Gasteiger partial charge in [-0.05, 0) is 38.4 Å². The summed E-state index contributed by atoms with van der Waals surface area (Å²) in [5.74, 6) is -0.273. The van der Waals surface area contributed by atoms with Crippen molar-refractivity contribution >= 4 is 5.91 Å². The molecule has 0 aromatic carbocycles. The van der Waals surface area contributed by atoms with E-state index in [2.05, 4.69) is 17.6 Å². The van der Waals surface area contributed by atoms with E-state index in [1.807, 2.05) is 0 Å². The quantitative estimate of drug-likeness (QED) is 0.874. The van der Waals surface area contributed by atoms with Crippen molar-refractivity contribution in [3.8, 4) is 0 Å². The van der Waals surface area contributed by atoms with Crippen molar-refractivity contribution < 1.29 is 13.6 Å². The number of alkyl halides is 2. The first kappa shape index (κ1) is 14.0. The van der Waals surface area contributed by atoms with E-state index in [4.69, 9.17) is 0 Å². The van der Waals surface area contributed by atoms with Crippen molar-refractivity contribution in [2.45, 2.75) is 44.8 Å². The van der Waals surface area contributed by atoms with Gasteiger partial charge in [-0.3, -0.25) is 4.79 Å². The van der Waals surface area contributed by atoms with E-state index in [1.165, 1.54) is 10.8 Å². The van der Waals surface area contributed by atoms with Gasteiger partial charge in [0.1, 0.15) is 5.69 Å². The van der Waals surface area contributed by atoms with Crippen LogP contribution in [-0.2, 0) is 6.54 Å². The van der Waals surface area contributed by atoms with Gasteiger partial charge >= 0.3 is 0 Å². The number of aromatic nitrogens is 1. The standard InChI is InChI=1S/C13H19F2N3O/c1-9-7-10(4-5-16-9)17-13(19)11-3-2-6-18(11)8-12(14)15/h2-3,6,9-10,12,16H,4-5,7-8H2,1H3,(H,17,19). The molecule has 4 nitrogen and oxygen atoms in total. The van der Waals surface area contributed by atoms with Gasteiger partial charge < -0.3 is 15.2 Å². The van der Waals surface area contributed by atoms with E-state index >= 15 is 0 Å². The summed E-state index contributed by atoms with van der Waals surface area (Å²) in [6.07, 6.45) is 0.775. The summed E-state index contributed by atoms with van der Waals surface area (Å²) in [4.78, 5) is 12.1. The molecule has 0 aliphatic carbocycles. The first-order valence-corrected chi connectivity index (χ1v) is 6.54. The molecular weight excluding hydrogens is 252 g/mol. The van der Waals surface area contributed by atoms with E-state index in [-0.39, 0.29) is 11.9 Å². The molecule has 106 valence electrons. The zero-order valence-electron chi connectivity index (χ0n) is 10.9. The number of halogens is 2. The summed E-state index contributed by atoms with van der Waals surface area (Å²) >= 11 is 0. The highest BCUT2D eigenvalue weighted by Gasteiger charge is 2.22. The Balaban J connectivity index is 1.97. The first-order chi connectivity index (χ1) is 9.06. The second kappa shape index (κ2) is 6.14. The van der Waals surface area contributed by atoms with Crippen LogP contribution in [0.25, 0.3) is 0 Å². The highest BCUT2D eigenvalue weighted by molar-refractivity contribution is 5.92. The highest BCUT2D eigenvalue weighted by Crippen LogP contribution is 2.11. The molecule has 2 N–H and O–H groups in total. The number of amides is 1. The third-order valence-corrected chi connectivity index (χ3v) is 3.36. The second-order valence-electron chi connectivity index (χ2n) is 4.99. The van der Waals surface area contributed by atoms with Gasteiger partial charge in [-0.15, -0.1) is 0 Å². The fourth-order valence-corrected chi connectivity index (χ4v) is 2.45. The van der Waals surface area contributed by atoms with Gasteiger partial charge in [0.2, 0.25) is 0 Å². The van der Waals surface area contributed by atoms with Crippen LogP contribution in [0.5, 0.6) is 0 Å². The largest absolute Gasteiger partial charge is 0.348 e. The summed E-state index contributed by atoms with van der Waals surface area (Å²) in [7, 11) is 0. The molecule has 0 spiro atoms. The molecule has 1 aromatic rings. The van der Waals surface area contributed by atoms with E-state index < -0.39 is 13.0 Å². The van der Waals surface area contributed by atoms with Crippen LogP contribution in [0.4, 0.5) is 8.78 Å². The smallest absolute Gasteiger partial charge is 0.268 e. The van der Waals surface area contributed by atoms with Gasteiger partial charge in [-0.1, -0.05) is 0 Å². The maximum absolute atomic E-state index is 12.4. The van der Waals surface area contributed by atoms with Crippen molar-refractivity contribution in [1.82, 2.24) is 15.2 Å². The SMILES string of the molecule is CC1CC(NC(=O)c2cccn2CC(F)F)CCN1. The lowest BCUT2D eigenvalue weighted by Gasteiger charge is -2.28. The maximum Gasteiger partial charge on any atom is 0.268 e. The zero-order valence-corrected chi connectivity index (χ0v) is 10.9. The van der Waals surface area contributed by atoms with E-state index in [1.54, 1.807) is 12.1 Å². The second-order valence-corrected chi connectivity index (χ2v) is 4.99. The monoisotopic (exact) mass is 271 g/mol. The van der Waals surface area contributed by atoms with Crippen LogP contribution in [-0.4, -0.2) is 35.5 Å². The molecule has 0 radical (unpaired) electrons. The minimum Gasteiger partial charge on any atom is -0.348 e. The van der Waals surface area contributed by atoms with Crippen molar-refractivity contribution in [3.63, 3.8) is 0 Å². The Morgan fingerprint density at radius 3 is 3.11 bits per heavy atom. The van der Waals surface area contributed by atoms with Crippen LogP contribution in [0.15, 0.2) is 18.3 Å². The number of hydrogen-bond donors (Lipinski definition) is 2. The normalized spacial score (nSPS) is 23.6. The van der Waals surface area contributed by atoms with Gasteiger partial charge in [-0.2, -0.15) is 0 Å². The average molecular weight is 271 g/mol. The van der Waals surface area contributed by atoms with Gasteiger partial charge in [0.05, 0.1) is 6.54 Å². The summed E-state index contributed by atoms with van der Waals surface area (Å²) < 4.78 is 26.1. The Hall–Kier alpha value is -1.43. The number of nitrogens with one attached hydrogen (secondary N) is 2. The molecule has 1 amide bonds. The van der Waals surface area contributed by atoms with E-state index in [9.17, 15) is 13.6 Å². The number of nitrogens with zero attached hydrogens (tertiary/aromatic N) is 1. The Labute approximate surface area is 111 Å². The Morgan fingerprint density at radius 1 is 1.63 bits per heavy atom. The Kier molecular flexibility index (Phi) is 4.52. The molecule has 0 saturated carbocycles. The van der Waals surface area contributed by atoms with Crippen LogP contribution in [0.3, 0.4) is 0 Å². The lowest BCUT2D eigenvalue weighted by molar-refractivity contribution is 0.0903. The molecule has 1 aromatic heterocycles. The van der Waals surface area contributed by atoms with Crippen LogP contribution in [0.2, 0.25) is 0 Å². The molecule has 0 bridgehead atoms. The molecular formula is C13H19F2N3O. The third kappa shape index (κ3) is 3.76. The number of carbonyl (C=O) groups is 1.